The SMILES string of the molecule is CC(C)CN(C)c1ccc(Br)cc1CNC(C)C. The molecule has 1 aromatic carbocycles. The van der Waals surface area contributed by atoms with Crippen LogP contribution in [-0.4, -0.2) is 19.6 Å². The van der Waals surface area contributed by atoms with Crippen LogP contribution in [0, 0.1) is 5.92 Å². The third-order valence-corrected chi connectivity index (χ3v) is 3.29. The Morgan fingerprint density at radius 1 is 1.22 bits per heavy atom. The molecule has 0 saturated heterocycles. The normalized spacial score (nSPS) is 11.3. The third kappa shape index (κ3) is 4.99. The Hall–Kier alpha value is -0.540. The minimum absolute atomic E-state index is 0.507. The fourth-order valence-corrected chi connectivity index (χ4v) is 2.44. The number of halogens is 1. The molecule has 0 saturated carbocycles. The van der Waals surface area contributed by atoms with Gasteiger partial charge in [0.1, 0.15) is 0 Å². The molecule has 0 amide bonds. The molecular formula is C15H25BrN2. The van der Waals surface area contributed by atoms with E-state index in [9.17, 15) is 0 Å². The molecule has 0 aliphatic carbocycles. The minimum atomic E-state index is 0.507. The van der Waals surface area contributed by atoms with E-state index in [0.29, 0.717) is 12.0 Å². The van der Waals surface area contributed by atoms with Crippen LogP contribution >= 0.6 is 15.9 Å². The van der Waals surface area contributed by atoms with Gasteiger partial charge in [-0.25, -0.2) is 0 Å². The second-order valence-electron chi connectivity index (χ2n) is 5.58. The Kier molecular flexibility index (Phi) is 6.16. The number of hydrogen-bond donors (Lipinski definition) is 1. The van der Waals surface area contributed by atoms with Gasteiger partial charge in [-0.3, -0.25) is 0 Å². The first-order valence-electron chi connectivity index (χ1n) is 6.63. The van der Waals surface area contributed by atoms with Crippen LogP contribution in [-0.2, 0) is 6.54 Å². The molecule has 102 valence electrons. The minimum Gasteiger partial charge on any atom is -0.374 e. The molecule has 1 N–H and O–H groups in total. The first-order chi connectivity index (χ1) is 8.40. The zero-order valence-electron chi connectivity index (χ0n) is 12.1. The van der Waals surface area contributed by atoms with E-state index in [4.69, 9.17) is 0 Å². The monoisotopic (exact) mass is 312 g/mol. The summed E-state index contributed by atoms with van der Waals surface area (Å²) in [5, 5.41) is 3.49. The molecule has 0 aromatic heterocycles. The summed E-state index contributed by atoms with van der Waals surface area (Å²) >= 11 is 3.56. The van der Waals surface area contributed by atoms with Gasteiger partial charge in [-0.05, 0) is 29.7 Å². The first-order valence-corrected chi connectivity index (χ1v) is 7.42. The molecule has 18 heavy (non-hydrogen) atoms. The zero-order valence-corrected chi connectivity index (χ0v) is 13.7. The molecule has 1 rings (SSSR count). The molecule has 0 fully saturated rings. The molecule has 0 bridgehead atoms. The number of hydrogen-bond acceptors (Lipinski definition) is 2. The summed E-state index contributed by atoms with van der Waals surface area (Å²) in [4.78, 5) is 2.34. The van der Waals surface area contributed by atoms with E-state index < -0.39 is 0 Å². The van der Waals surface area contributed by atoms with Crippen LogP contribution in [0.15, 0.2) is 22.7 Å². The Morgan fingerprint density at radius 3 is 2.44 bits per heavy atom. The van der Waals surface area contributed by atoms with Gasteiger partial charge in [0.25, 0.3) is 0 Å². The summed E-state index contributed by atoms with van der Waals surface area (Å²) in [6.07, 6.45) is 0. The van der Waals surface area contributed by atoms with Gasteiger partial charge in [0.05, 0.1) is 0 Å². The third-order valence-electron chi connectivity index (χ3n) is 2.79. The van der Waals surface area contributed by atoms with E-state index in [-0.39, 0.29) is 0 Å². The highest BCUT2D eigenvalue weighted by Crippen LogP contribution is 2.24. The van der Waals surface area contributed by atoms with Gasteiger partial charge in [0.2, 0.25) is 0 Å². The van der Waals surface area contributed by atoms with Crippen LogP contribution in [0.4, 0.5) is 5.69 Å². The summed E-state index contributed by atoms with van der Waals surface area (Å²) in [7, 11) is 2.17. The van der Waals surface area contributed by atoms with Crippen molar-refractivity contribution in [2.75, 3.05) is 18.5 Å². The van der Waals surface area contributed by atoms with Crippen LogP contribution in [0.2, 0.25) is 0 Å². The molecule has 0 aliphatic rings. The number of benzene rings is 1. The molecule has 3 heteroatoms. The van der Waals surface area contributed by atoms with Gasteiger partial charge in [0.15, 0.2) is 0 Å². The Labute approximate surface area is 120 Å². The smallest absolute Gasteiger partial charge is 0.0410 e. The number of nitrogens with zero attached hydrogens (tertiary/aromatic N) is 1. The van der Waals surface area contributed by atoms with Crippen molar-refractivity contribution in [1.29, 1.82) is 0 Å². The summed E-state index contributed by atoms with van der Waals surface area (Å²) < 4.78 is 1.14. The lowest BCUT2D eigenvalue weighted by Crippen LogP contribution is -2.26. The maximum Gasteiger partial charge on any atom is 0.0410 e. The summed E-state index contributed by atoms with van der Waals surface area (Å²) in [6.45, 7) is 10.8. The van der Waals surface area contributed by atoms with Crippen molar-refractivity contribution in [3.05, 3.63) is 28.2 Å². The number of rotatable bonds is 6. The molecule has 0 unspecified atom stereocenters. The van der Waals surface area contributed by atoms with Crippen molar-refractivity contribution in [3.8, 4) is 0 Å². The second kappa shape index (κ2) is 7.15. The largest absolute Gasteiger partial charge is 0.374 e. The molecule has 1 aromatic rings. The van der Waals surface area contributed by atoms with E-state index in [0.717, 1.165) is 17.6 Å². The van der Waals surface area contributed by atoms with Crippen molar-refractivity contribution in [1.82, 2.24) is 5.32 Å². The lowest BCUT2D eigenvalue weighted by atomic mass is 10.1. The average Bonchev–Trinajstić information content (AvgIpc) is 2.25. The van der Waals surface area contributed by atoms with Crippen LogP contribution in [0.5, 0.6) is 0 Å². The Morgan fingerprint density at radius 2 is 1.89 bits per heavy atom. The van der Waals surface area contributed by atoms with Gasteiger partial charge in [-0.1, -0.05) is 43.6 Å². The molecular weight excluding hydrogens is 288 g/mol. The van der Waals surface area contributed by atoms with Crippen molar-refractivity contribution in [3.63, 3.8) is 0 Å². The van der Waals surface area contributed by atoms with Crippen LogP contribution in [0.25, 0.3) is 0 Å². The van der Waals surface area contributed by atoms with Gasteiger partial charge < -0.3 is 10.2 Å². The van der Waals surface area contributed by atoms with Crippen molar-refractivity contribution in [2.24, 2.45) is 5.92 Å². The van der Waals surface area contributed by atoms with Crippen LogP contribution in [0.3, 0.4) is 0 Å². The molecule has 0 radical (unpaired) electrons. The van der Waals surface area contributed by atoms with E-state index in [1.165, 1.54) is 11.3 Å². The summed E-state index contributed by atoms with van der Waals surface area (Å²) in [6, 6.07) is 7.03. The quantitative estimate of drug-likeness (QED) is 0.853. The summed E-state index contributed by atoms with van der Waals surface area (Å²) in [5.74, 6) is 0.671. The molecule has 0 heterocycles. The zero-order chi connectivity index (χ0) is 13.7. The molecule has 2 nitrogen and oxygen atoms in total. The summed E-state index contributed by atoms with van der Waals surface area (Å²) in [5.41, 5.74) is 2.67. The fraction of sp³-hybridized carbons (Fsp3) is 0.600. The van der Waals surface area contributed by atoms with E-state index in [1.54, 1.807) is 0 Å². The lowest BCUT2D eigenvalue weighted by molar-refractivity contribution is 0.585. The molecule has 0 atom stereocenters. The van der Waals surface area contributed by atoms with Gasteiger partial charge in [-0.15, -0.1) is 0 Å². The van der Waals surface area contributed by atoms with Crippen molar-refractivity contribution < 1.29 is 0 Å². The first kappa shape index (κ1) is 15.5. The highest BCUT2D eigenvalue weighted by molar-refractivity contribution is 9.10. The maximum atomic E-state index is 3.56. The van der Waals surface area contributed by atoms with Gasteiger partial charge >= 0.3 is 0 Å². The predicted octanol–water partition coefficient (Wildman–Crippen LogP) is 4.04. The van der Waals surface area contributed by atoms with Gasteiger partial charge in [-0.2, -0.15) is 0 Å². The van der Waals surface area contributed by atoms with E-state index in [2.05, 4.69) is 79.1 Å². The Balaban J connectivity index is 2.88. The second-order valence-corrected chi connectivity index (χ2v) is 6.50. The fourth-order valence-electron chi connectivity index (χ4n) is 2.03. The standard InChI is InChI=1S/C15H25BrN2/c1-11(2)10-18(5)15-7-6-14(16)8-13(15)9-17-12(3)4/h6-8,11-12,17H,9-10H2,1-5H3. The molecule has 0 aliphatic heterocycles. The molecule has 0 spiro atoms. The highest BCUT2D eigenvalue weighted by atomic mass is 79.9. The van der Waals surface area contributed by atoms with E-state index in [1.807, 2.05) is 0 Å². The topological polar surface area (TPSA) is 15.3 Å². The van der Waals surface area contributed by atoms with Crippen LogP contribution in [0.1, 0.15) is 33.3 Å². The number of nitrogens with one attached hydrogen (secondary N) is 1. The average molecular weight is 313 g/mol. The van der Waals surface area contributed by atoms with E-state index >= 15 is 0 Å². The number of anilines is 1. The van der Waals surface area contributed by atoms with Crippen molar-refractivity contribution >= 4 is 21.6 Å². The predicted molar refractivity (Wildman–Crippen MR) is 84.2 cm³/mol. The maximum absolute atomic E-state index is 3.56. The highest BCUT2D eigenvalue weighted by Gasteiger charge is 2.09. The Bertz CT molecular complexity index is 375. The van der Waals surface area contributed by atoms with Gasteiger partial charge in [0, 0.05) is 36.3 Å². The van der Waals surface area contributed by atoms with Crippen LogP contribution < -0.4 is 10.2 Å². The van der Waals surface area contributed by atoms with Crippen molar-refractivity contribution in [2.45, 2.75) is 40.3 Å². The lowest BCUT2D eigenvalue weighted by Gasteiger charge is -2.25.